The Hall–Kier alpha value is -2.84. The van der Waals surface area contributed by atoms with Crippen LogP contribution in [0.2, 0.25) is 0 Å². The van der Waals surface area contributed by atoms with Gasteiger partial charge in [-0.3, -0.25) is 0 Å². The molecule has 0 aliphatic rings. The van der Waals surface area contributed by atoms with Crippen molar-refractivity contribution >= 4 is 25.4 Å². The highest BCUT2D eigenvalue weighted by Gasteiger charge is 2.14. The molecule has 3 aromatic carbocycles. The van der Waals surface area contributed by atoms with E-state index in [1.54, 1.807) is 12.1 Å². The summed E-state index contributed by atoms with van der Waals surface area (Å²) in [4.78, 5) is 4.62. The van der Waals surface area contributed by atoms with Crippen molar-refractivity contribution in [2.45, 2.75) is 13.8 Å². The highest BCUT2D eigenvalue weighted by Crippen LogP contribution is 2.31. The van der Waals surface area contributed by atoms with E-state index < -0.39 is 0 Å². The van der Waals surface area contributed by atoms with E-state index in [4.69, 9.17) is 4.74 Å². The summed E-state index contributed by atoms with van der Waals surface area (Å²) in [5.74, 6) is 0.0721. The fraction of sp³-hybridized carbons (Fsp3) is 0.125. The van der Waals surface area contributed by atoms with Crippen LogP contribution in [0.4, 0.5) is 8.78 Å². The molecule has 0 aliphatic carbocycles. The highest BCUT2D eigenvalue weighted by molar-refractivity contribution is 7.28. The Bertz CT molecular complexity index is 1220. The van der Waals surface area contributed by atoms with Gasteiger partial charge in [0.25, 0.3) is 0 Å². The van der Waals surface area contributed by atoms with E-state index in [0.29, 0.717) is 34.7 Å². The van der Waals surface area contributed by atoms with Gasteiger partial charge in [-0.2, -0.15) is 0 Å². The van der Waals surface area contributed by atoms with Crippen molar-refractivity contribution in [1.82, 2.24) is 4.98 Å². The first-order chi connectivity index (χ1) is 14.0. The minimum atomic E-state index is -0.335. The molecule has 0 spiro atoms. The van der Waals surface area contributed by atoms with E-state index in [-0.39, 0.29) is 11.6 Å². The van der Waals surface area contributed by atoms with Crippen LogP contribution in [0.15, 0.2) is 60.7 Å². The third-order valence-electron chi connectivity index (χ3n) is 4.85. The molecule has 0 fully saturated rings. The van der Waals surface area contributed by atoms with Gasteiger partial charge in [-0.15, -0.1) is 9.24 Å². The Morgan fingerprint density at radius 2 is 1.79 bits per heavy atom. The molecule has 0 aliphatic heterocycles. The molecule has 0 radical (unpaired) electrons. The molecule has 0 saturated carbocycles. The molecular weight excluding hydrogens is 387 g/mol. The average molecular weight is 407 g/mol. The van der Waals surface area contributed by atoms with Crippen molar-refractivity contribution in [3.05, 3.63) is 77.9 Å². The first kappa shape index (κ1) is 19.5. The summed E-state index contributed by atoms with van der Waals surface area (Å²) < 4.78 is 34.1. The van der Waals surface area contributed by atoms with Gasteiger partial charge in [0.05, 0.1) is 17.8 Å². The van der Waals surface area contributed by atoms with E-state index in [9.17, 15) is 4.39 Å². The quantitative estimate of drug-likeness (QED) is 0.384. The summed E-state index contributed by atoms with van der Waals surface area (Å²) in [6, 6.07) is 17.1. The van der Waals surface area contributed by atoms with Gasteiger partial charge in [0.15, 0.2) is 0 Å². The normalized spacial score (nSPS) is 11.1. The molecule has 0 saturated heterocycles. The molecule has 4 rings (SSSR count). The van der Waals surface area contributed by atoms with E-state index in [2.05, 4.69) is 14.2 Å². The maximum Gasteiger partial charge on any atom is 0.131 e. The Morgan fingerprint density at radius 1 is 0.966 bits per heavy atom. The molecule has 1 aromatic heterocycles. The number of nitrogens with zero attached hydrogens (tertiary/aromatic N) is 1. The lowest BCUT2D eigenvalue weighted by atomic mass is 10.00. The Balaban J connectivity index is 1.81. The molecule has 2 nitrogen and oxygen atoms in total. The molecule has 0 N–H and O–H groups in total. The number of ether oxygens (including phenoxy) is 1. The molecule has 0 amide bonds. The van der Waals surface area contributed by atoms with Crippen molar-refractivity contribution in [2.24, 2.45) is 0 Å². The third-order valence-corrected chi connectivity index (χ3v) is 5.33. The molecule has 0 bridgehead atoms. The summed E-state index contributed by atoms with van der Waals surface area (Å²) in [6.45, 7) is 4.37. The van der Waals surface area contributed by atoms with Crippen LogP contribution in [0.3, 0.4) is 0 Å². The first-order valence-electron chi connectivity index (χ1n) is 9.36. The van der Waals surface area contributed by atoms with Crippen molar-refractivity contribution in [1.29, 1.82) is 0 Å². The highest BCUT2D eigenvalue weighted by atomic mass is 31.0. The second kappa shape index (κ2) is 7.88. The third kappa shape index (κ3) is 3.86. The van der Waals surface area contributed by atoms with Crippen LogP contribution >= 0.6 is 9.24 Å². The summed E-state index contributed by atoms with van der Waals surface area (Å²) >= 11 is 0. The van der Waals surface area contributed by atoms with Gasteiger partial charge < -0.3 is 4.74 Å². The minimum absolute atomic E-state index is 0.299. The van der Waals surface area contributed by atoms with Crippen LogP contribution in [0.5, 0.6) is 5.75 Å². The van der Waals surface area contributed by atoms with E-state index in [1.165, 1.54) is 18.2 Å². The topological polar surface area (TPSA) is 22.1 Å². The molecular formula is C24H20F2NOP. The van der Waals surface area contributed by atoms with E-state index in [1.807, 2.05) is 44.2 Å². The summed E-state index contributed by atoms with van der Waals surface area (Å²) in [5.41, 5.74) is 4.16. The van der Waals surface area contributed by atoms with Gasteiger partial charge in [-0.25, -0.2) is 13.8 Å². The summed E-state index contributed by atoms with van der Waals surface area (Å²) in [7, 11) is 2.66. The van der Waals surface area contributed by atoms with Crippen LogP contribution in [0.25, 0.3) is 33.3 Å². The number of halogens is 2. The SMILES string of the molecule is CCOc1cccc(-c2cc(P)c(-c3cc(C)c4cc(F)ccc4n3)cc2F)c1. The van der Waals surface area contributed by atoms with Crippen molar-refractivity contribution in [3.63, 3.8) is 0 Å². The minimum Gasteiger partial charge on any atom is -0.494 e. The number of pyridine rings is 1. The van der Waals surface area contributed by atoms with Crippen LogP contribution in [-0.4, -0.2) is 11.6 Å². The maximum atomic E-state index is 15.1. The number of aromatic nitrogens is 1. The summed E-state index contributed by atoms with van der Waals surface area (Å²) in [6.07, 6.45) is 0. The van der Waals surface area contributed by atoms with Gasteiger partial charge in [0.1, 0.15) is 17.4 Å². The molecule has 146 valence electrons. The monoisotopic (exact) mass is 407 g/mol. The predicted octanol–water partition coefficient (Wildman–Crippen LogP) is 6.05. The standard InChI is InChI=1S/C24H20F2NOP/c1-3-28-17-6-4-5-15(10-17)19-13-24(29)20(12-21(19)26)23-9-14(2)18-11-16(25)7-8-22(18)27-23/h4-13H,3,29H2,1-2H3. The molecule has 5 heteroatoms. The summed E-state index contributed by atoms with van der Waals surface area (Å²) in [5, 5.41) is 1.58. The van der Waals surface area contributed by atoms with Crippen molar-refractivity contribution in [2.75, 3.05) is 6.61 Å². The second-order valence-electron chi connectivity index (χ2n) is 6.87. The van der Waals surface area contributed by atoms with E-state index in [0.717, 1.165) is 21.8 Å². The number of benzene rings is 3. The van der Waals surface area contributed by atoms with Crippen molar-refractivity contribution < 1.29 is 13.5 Å². The smallest absolute Gasteiger partial charge is 0.131 e. The second-order valence-corrected chi connectivity index (χ2v) is 7.49. The zero-order chi connectivity index (χ0) is 20.5. The Morgan fingerprint density at radius 3 is 2.59 bits per heavy atom. The lowest BCUT2D eigenvalue weighted by Crippen LogP contribution is -2.03. The predicted molar refractivity (Wildman–Crippen MR) is 118 cm³/mol. The van der Waals surface area contributed by atoms with Gasteiger partial charge >= 0.3 is 0 Å². The molecule has 1 unspecified atom stereocenters. The van der Waals surface area contributed by atoms with Crippen LogP contribution < -0.4 is 10.0 Å². The zero-order valence-corrected chi connectivity index (χ0v) is 17.3. The number of hydrogen-bond acceptors (Lipinski definition) is 2. The average Bonchev–Trinajstić information content (AvgIpc) is 2.70. The van der Waals surface area contributed by atoms with Crippen LogP contribution in [0.1, 0.15) is 12.5 Å². The number of rotatable bonds is 4. The lowest BCUT2D eigenvalue weighted by Gasteiger charge is -2.13. The van der Waals surface area contributed by atoms with Crippen molar-refractivity contribution in [3.8, 4) is 28.1 Å². The van der Waals surface area contributed by atoms with Gasteiger partial charge in [0.2, 0.25) is 0 Å². The number of hydrogen-bond donors (Lipinski definition) is 0. The van der Waals surface area contributed by atoms with Crippen LogP contribution in [0, 0.1) is 18.6 Å². The zero-order valence-electron chi connectivity index (χ0n) is 16.2. The van der Waals surface area contributed by atoms with Gasteiger partial charge in [-0.1, -0.05) is 12.1 Å². The fourth-order valence-electron chi connectivity index (χ4n) is 3.46. The molecule has 1 heterocycles. The number of fused-ring (bicyclic) bond motifs is 1. The van der Waals surface area contributed by atoms with Crippen LogP contribution in [-0.2, 0) is 0 Å². The van der Waals surface area contributed by atoms with Gasteiger partial charge in [-0.05, 0) is 78.8 Å². The molecule has 4 aromatic rings. The molecule has 29 heavy (non-hydrogen) atoms. The lowest BCUT2D eigenvalue weighted by molar-refractivity contribution is 0.340. The largest absolute Gasteiger partial charge is 0.494 e. The van der Waals surface area contributed by atoms with Gasteiger partial charge in [0, 0.05) is 16.5 Å². The Labute approximate surface area is 170 Å². The fourth-order valence-corrected chi connectivity index (χ4v) is 3.86. The maximum absolute atomic E-state index is 15.1. The van der Waals surface area contributed by atoms with E-state index >= 15 is 4.39 Å². The number of aryl methyl sites for hydroxylation is 1. The first-order valence-corrected chi connectivity index (χ1v) is 9.93. The molecule has 1 atom stereocenters. The Kier molecular flexibility index (Phi) is 5.29.